The smallest absolute Gasteiger partial charge is 0.317 e. The zero-order chi connectivity index (χ0) is 9.26. The van der Waals surface area contributed by atoms with Gasteiger partial charge in [0.2, 0.25) is 0 Å². The molecule has 0 bridgehead atoms. The highest BCUT2D eigenvalue weighted by molar-refractivity contribution is 5.96. The zero-order valence-corrected chi connectivity index (χ0v) is 7.62. The number of cyclic esters (lactones) is 2. The average molecular weight is 182 g/mol. The van der Waals surface area contributed by atoms with E-state index in [4.69, 9.17) is 0 Å². The molecule has 2 atom stereocenters. The van der Waals surface area contributed by atoms with Crippen LogP contribution in [-0.4, -0.2) is 11.9 Å². The molecule has 1 aliphatic carbocycles. The van der Waals surface area contributed by atoms with Crippen molar-refractivity contribution < 1.29 is 14.3 Å². The Morgan fingerprint density at radius 3 is 1.77 bits per heavy atom. The minimum Gasteiger partial charge on any atom is -0.393 e. The molecule has 1 aliphatic heterocycles. The second-order valence-electron chi connectivity index (χ2n) is 3.94. The summed E-state index contributed by atoms with van der Waals surface area (Å²) in [6.45, 7) is 0. The van der Waals surface area contributed by atoms with Crippen molar-refractivity contribution in [3.05, 3.63) is 0 Å². The Hall–Kier alpha value is -0.860. The van der Waals surface area contributed by atoms with E-state index in [1.807, 2.05) is 0 Å². The summed E-state index contributed by atoms with van der Waals surface area (Å²) in [6, 6.07) is 0. The van der Waals surface area contributed by atoms with E-state index in [9.17, 15) is 9.59 Å². The number of carbonyl (C=O) groups is 2. The van der Waals surface area contributed by atoms with Crippen LogP contribution in [0, 0.1) is 11.8 Å². The monoisotopic (exact) mass is 182 g/mol. The molecule has 2 rings (SSSR count). The highest BCUT2D eigenvalue weighted by Crippen LogP contribution is 2.34. The predicted molar refractivity (Wildman–Crippen MR) is 45.8 cm³/mol. The quantitative estimate of drug-likeness (QED) is 0.422. The van der Waals surface area contributed by atoms with Gasteiger partial charge in [0.05, 0.1) is 11.8 Å². The van der Waals surface area contributed by atoms with Gasteiger partial charge in [0.25, 0.3) is 0 Å². The molecule has 13 heavy (non-hydrogen) atoms. The summed E-state index contributed by atoms with van der Waals surface area (Å²) in [7, 11) is 0. The fourth-order valence-corrected chi connectivity index (χ4v) is 2.30. The molecule has 2 fully saturated rings. The van der Waals surface area contributed by atoms with Gasteiger partial charge in [-0.05, 0) is 12.8 Å². The van der Waals surface area contributed by atoms with E-state index in [0.29, 0.717) is 0 Å². The average Bonchev–Trinajstić information content (AvgIpc) is 2.25. The Bertz CT molecular complexity index is 210. The lowest BCUT2D eigenvalue weighted by atomic mass is 9.83. The van der Waals surface area contributed by atoms with Crippen LogP contribution >= 0.6 is 0 Å². The molecule has 0 aromatic carbocycles. The molecule has 2 unspecified atom stereocenters. The van der Waals surface area contributed by atoms with E-state index in [0.717, 1.165) is 25.7 Å². The Labute approximate surface area is 77.4 Å². The van der Waals surface area contributed by atoms with Crippen LogP contribution in [0.5, 0.6) is 0 Å². The van der Waals surface area contributed by atoms with Crippen LogP contribution in [0.25, 0.3) is 0 Å². The number of esters is 2. The summed E-state index contributed by atoms with van der Waals surface area (Å²) in [4.78, 5) is 22.5. The van der Waals surface area contributed by atoms with Crippen molar-refractivity contribution in [3.63, 3.8) is 0 Å². The van der Waals surface area contributed by atoms with E-state index in [1.54, 1.807) is 0 Å². The van der Waals surface area contributed by atoms with Crippen LogP contribution in [0.15, 0.2) is 0 Å². The third-order valence-corrected chi connectivity index (χ3v) is 3.07. The van der Waals surface area contributed by atoms with Crippen molar-refractivity contribution in [2.24, 2.45) is 11.8 Å². The summed E-state index contributed by atoms with van der Waals surface area (Å²) in [5.41, 5.74) is 0. The lowest BCUT2D eigenvalue weighted by molar-refractivity contribution is -0.153. The lowest BCUT2D eigenvalue weighted by Gasteiger charge is -2.16. The van der Waals surface area contributed by atoms with Crippen molar-refractivity contribution in [3.8, 4) is 0 Å². The molecule has 1 heterocycles. The topological polar surface area (TPSA) is 43.4 Å². The Morgan fingerprint density at radius 1 is 0.846 bits per heavy atom. The van der Waals surface area contributed by atoms with Gasteiger partial charge < -0.3 is 4.74 Å². The van der Waals surface area contributed by atoms with Gasteiger partial charge in [-0.3, -0.25) is 9.59 Å². The first-order valence-electron chi connectivity index (χ1n) is 5.04. The molecule has 2 aliphatic rings. The highest BCUT2D eigenvalue weighted by atomic mass is 16.6. The van der Waals surface area contributed by atoms with Gasteiger partial charge in [-0.25, -0.2) is 0 Å². The first-order chi connectivity index (χ1) is 6.29. The van der Waals surface area contributed by atoms with E-state index < -0.39 is 0 Å². The molecule has 1 saturated heterocycles. The van der Waals surface area contributed by atoms with Crippen molar-refractivity contribution in [2.75, 3.05) is 0 Å². The molecule has 3 heteroatoms. The zero-order valence-electron chi connectivity index (χ0n) is 7.62. The third-order valence-electron chi connectivity index (χ3n) is 3.07. The Morgan fingerprint density at radius 2 is 1.31 bits per heavy atom. The minimum absolute atomic E-state index is 0.118. The second kappa shape index (κ2) is 3.48. The highest BCUT2D eigenvalue weighted by Gasteiger charge is 2.43. The fourth-order valence-electron chi connectivity index (χ4n) is 2.30. The van der Waals surface area contributed by atoms with Gasteiger partial charge in [-0.15, -0.1) is 0 Å². The van der Waals surface area contributed by atoms with Crippen LogP contribution in [0.2, 0.25) is 0 Å². The lowest BCUT2D eigenvalue weighted by Crippen LogP contribution is -2.19. The van der Waals surface area contributed by atoms with Gasteiger partial charge in [-0.2, -0.15) is 0 Å². The summed E-state index contributed by atoms with van der Waals surface area (Å²) in [6.07, 6.45) is 6.17. The van der Waals surface area contributed by atoms with Crippen molar-refractivity contribution in [2.45, 2.75) is 38.5 Å². The molecule has 0 N–H and O–H groups in total. The minimum atomic E-state index is -0.281. The van der Waals surface area contributed by atoms with Gasteiger partial charge >= 0.3 is 11.9 Å². The molecule has 72 valence electrons. The number of hydrogen-bond donors (Lipinski definition) is 0. The molecule has 0 aromatic rings. The first-order valence-corrected chi connectivity index (χ1v) is 5.04. The molecule has 0 spiro atoms. The molecule has 0 aromatic heterocycles. The van der Waals surface area contributed by atoms with Gasteiger partial charge in [0.15, 0.2) is 0 Å². The normalized spacial score (nSPS) is 34.8. The SMILES string of the molecule is O=C1OC(=O)C2CCCCCCC12. The van der Waals surface area contributed by atoms with Crippen LogP contribution in [0.3, 0.4) is 0 Å². The number of hydrogen-bond acceptors (Lipinski definition) is 3. The van der Waals surface area contributed by atoms with Gasteiger partial charge in [0.1, 0.15) is 0 Å². The van der Waals surface area contributed by atoms with E-state index in [2.05, 4.69) is 4.74 Å². The summed E-state index contributed by atoms with van der Waals surface area (Å²) in [5.74, 6) is -0.797. The van der Waals surface area contributed by atoms with Crippen molar-refractivity contribution >= 4 is 11.9 Å². The van der Waals surface area contributed by atoms with E-state index in [1.165, 1.54) is 12.8 Å². The summed E-state index contributed by atoms with van der Waals surface area (Å²) >= 11 is 0. The third kappa shape index (κ3) is 1.60. The largest absolute Gasteiger partial charge is 0.393 e. The molecular formula is C10H14O3. The Balaban J connectivity index is 2.11. The first kappa shape index (κ1) is 8.73. The van der Waals surface area contributed by atoms with Crippen LogP contribution in [0.1, 0.15) is 38.5 Å². The van der Waals surface area contributed by atoms with E-state index in [-0.39, 0.29) is 23.8 Å². The van der Waals surface area contributed by atoms with E-state index >= 15 is 0 Å². The Kier molecular flexibility index (Phi) is 2.34. The van der Waals surface area contributed by atoms with Crippen LogP contribution in [-0.2, 0) is 14.3 Å². The number of ether oxygens (including phenoxy) is 1. The number of rotatable bonds is 0. The maximum Gasteiger partial charge on any atom is 0.317 e. The fraction of sp³-hybridized carbons (Fsp3) is 0.800. The van der Waals surface area contributed by atoms with Crippen LogP contribution < -0.4 is 0 Å². The second-order valence-corrected chi connectivity index (χ2v) is 3.94. The standard InChI is InChI=1S/C10H14O3/c11-9-7-5-3-1-2-4-6-8(7)10(12)13-9/h7-8H,1-6H2. The summed E-state index contributed by atoms with van der Waals surface area (Å²) in [5, 5.41) is 0. The van der Waals surface area contributed by atoms with Gasteiger partial charge in [0, 0.05) is 0 Å². The van der Waals surface area contributed by atoms with Gasteiger partial charge in [-0.1, -0.05) is 25.7 Å². The molecule has 1 saturated carbocycles. The molecule has 0 amide bonds. The van der Waals surface area contributed by atoms with Crippen LogP contribution in [0.4, 0.5) is 0 Å². The number of fused-ring (bicyclic) bond motifs is 1. The molecular weight excluding hydrogens is 168 g/mol. The summed E-state index contributed by atoms with van der Waals surface area (Å²) < 4.78 is 4.64. The predicted octanol–water partition coefficient (Wildman–Crippen LogP) is 1.66. The molecule has 3 nitrogen and oxygen atoms in total. The molecule has 0 radical (unpaired) electrons. The maximum atomic E-state index is 11.2. The van der Waals surface area contributed by atoms with Crippen molar-refractivity contribution in [1.29, 1.82) is 0 Å². The maximum absolute atomic E-state index is 11.2. The number of carbonyl (C=O) groups excluding carboxylic acids is 2. The van der Waals surface area contributed by atoms with Crippen molar-refractivity contribution in [1.82, 2.24) is 0 Å².